The van der Waals surface area contributed by atoms with Crippen LogP contribution in [0.2, 0.25) is 0 Å². The Balaban J connectivity index is 2.60. The first kappa shape index (κ1) is 17.9. The Morgan fingerprint density at radius 3 is 2.48 bits per heavy atom. The summed E-state index contributed by atoms with van der Waals surface area (Å²) in [4.78, 5) is 26.5. The maximum absolute atomic E-state index is 12.5. The van der Waals surface area contributed by atoms with Crippen molar-refractivity contribution in [2.45, 2.75) is 45.7 Å². The normalized spacial score (nSPS) is 21.8. The van der Waals surface area contributed by atoms with Crippen molar-refractivity contribution in [3.05, 3.63) is 0 Å². The van der Waals surface area contributed by atoms with Crippen LogP contribution in [0.3, 0.4) is 0 Å². The highest BCUT2D eigenvalue weighted by Crippen LogP contribution is 2.22. The first-order chi connectivity index (χ1) is 9.81. The fraction of sp³-hybridized carbons (Fsp3) is 0.867. The molecule has 122 valence electrons. The van der Waals surface area contributed by atoms with E-state index < -0.39 is 11.6 Å². The number of hydrogen-bond acceptors (Lipinski definition) is 4. The average Bonchev–Trinajstić information content (AvgIpc) is 2.38. The van der Waals surface area contributed by atoms with Crippen LogP contribution in [0, 0.1) is 5.92 Å². The van der Waals surface area contributed by atoms with Crippen molar-refractivity contribution in [3.8, 4) is 0 Å². The topological polar surface area (TPSA) is 67.9 Å². The molecule has 1 rings (SSSR count). The first-order valence-electron chi connectivity index (χ1n) is 7.51. The Bertz CT molecular complexity index is 369. The van der Waals surface area contributed by atoms with E-state index in [0.717, 1.165) is 0 Å². The number of ether oxygens (including phenoxy) is 2. The van der Waals surface area contributed by atoms with Crippen molar-refractivity contribution in [1.82, 2.24) is 10.2 Å². The Labute approximate surface area is 127 Å². The summed E-state index contributed by atoms with van der Waals surface area (Å²) in [5, 5.41) is 2.81. The standard InChI is InChI=1S/C15H28N2O4/c1-11(2)12-13(18)16-15(3,4)14(19)17(12)7-6-8-21-10-9-20-5/h11-12H,6-10H2,1-5H3,(H,16,18). The van der Waals surface area contributed by atoms with E-state index in [1.807, 2.05) is 13.8 Å². The molecule has 1 atom stereocenters. The highest BCUT2D eigenvalue weighted by molar-refractivity contribution is 5.99. The van der Waals surface area contributed by atoms with Gasteiger partial charge in [0.2, 0.25) is 11.8 Å². The third kappa shape index (κ3) is 4.68. The fourth-order valence-electron chi connectivity index (χ4n) is 2.55. The van der Waals surface area contributed by atoms with Crippen LogP contribution in [-0.4, -0.2) is 61.8 Å². The van der Waals surface area contributed by atoms with E-state index in [1.165, 1.54) is 0 Å². The number of hydrogen-bond donors (Lipinski definition) is 1. The molecule has 6 heteroatoms. The average molecular weight is 300 g/mol. The van der Waals surface area contributed by atoms with Crippen LogP contribution in [0.15, 0.2) is 0 Å². The van der Waals surface area contributed by atoms with Gasteiger partial charge in [-0.3, -0.25) is 9.59 Å². The number of piperazine rings is 1. The zero-order chi connectivity index (χ0) is 16.0. The number of nitrogens with zero attached hydrogens (tertiary/aromatic N) is 1. The van der Waals surface area contributed by atoms with Gasteiger partial charge in [-0.25, -0.2) is 0 Å². The second-order valence-electron chi connectivity index (χ2n) is 6.26. The van der Waals surface area contributed by atoms with E-state index in [9.17, 15) is 9.59 Å². The summed E-state index contributed by atoms with van der Waals surface area (Å²) < 4.78 is 10.3. The van der Waals surface area contributed by atoms with Crippen molar-refractivity contribution in [2.24, 2.45) is 5.92 Å². The van der Waals surface area contributed by atoms with E-state index in [2.05, 4.69) is 5.32 Å². The number of carbonyl (C=O) groups excluding carboxylic acids is 2. The predicted molar refractivity (Wildman–Crippen MR) is 79.9 cm³/mol. The molecule has 1 aliphatic heterocycles. The van der Waals surface area contributed by atoms with Gasteiger partial charge in [-0.15, -0.1) is 0 Å². The van der Waals surface area contributed by atoms with Crippen LogP contribution >= 0.6 is 0 Å². The van der Waals surface area contributed by atoms with Crippen LogP contribution in [0.5, 0.6) is 0 Å². The molecule has 6 nitrogen and oxygen atoms in total. The minimum Gasteiger partial charge on any atom is -0.382 e. The second kappa shape index (κ2) is 7.75. The largest absolute Gasteiger partial charge is 0.382 e. The van der Waals surface area contributed by atoms with E-state index in [0.29, 0.717) is 32.8 Å². The molecule has 1 saturated heterocycles. The highest BCUT2D eigenvalue weighted by Gasteiger charge is 2.45. The number of rotatable bonds is 8. The SMILES string of the molecule is COCCOCCCN1C(=O)C(C)(C)NC(=O)C1C(C)C. The smallest absolute Gasteiger partial charge is 0.248 e. The lowest BCUT2D eigenvalue weighted by Crippen LogP contribution is -2.69. The van der Waals surface area contributed by atoms with Gasteiger partial charge < -0.3 is 19.7 Å². The minimum absolute atomic E-state index is 0.0299. The number of carbonyl (C=O) groups is 2. The summed E-state index contributed by atoms with van der Waals surface area (Å²) in [5.41, 5.74) is -0.834. The lowest BCUT2D eigenvalue weighted by Gasteiger charge is -2.44. The molecule has 1 aliphatic rings. The summed E-state index contributed by atoms with van der Waals surface area (Å²) in [5.74, 6) is -0.0212. The molecule has 2 amide bonds. The van der Waals surface area contributed by atoms with Crippen molar-refractivity contribution in [1.29, 1.82) is 0 Å². The second-order valence-corrected chi connectivity index (χ2v) is 6.26. The highest BCUT2D eigenvalue weighted by atomic mass is 16.5. The summed E-state index contributed by atoms with van der Waals surface area (Å²) in [6, 6.07) is -0.399. The maximum Gasteiger partial charge on any atom is 0.248 e. The number of methoxy groups -OCH3 is 1. The summed E-state index contributed by atoms with van der Waals surface area (Å²) in [6.45, 7) is 9.59. The molecule has 0 aromatic carbocycles. The monoisotopic (exact) mass is 300 g/mol. The third-order valence-electron chi connectivity index (χ3n) is 3.59. The molecule has 0 saturated carbocycles. The molecule has 1 unspecified atom stereocenters. The molecule has 1 N–H and O–H groups in total. The van der Waals surface area contributed by atoms with Gasteiger partial charge in [0.25, 0.3) is 0 Å². The third-order valence-corrected chi connectivity index (χ3v) is 3.59. The molecular formula is C15H28N2O4. The maximum atomic E-state index is 12.5. The molecule has 0 aromatic rings. The fourth-order valence-corrected chi connectivity index (χ4v) is 2.55. The first-order valence-corrected chi connectivity index (χ1v) is 7.51. The Kier molecular flexibility index (Phi) is 6.61. The van der Waals surface area contributed by atoms with Gasteiger partial charge >= 0.3 is 0 Å². The van der Waals surface area contributed by atoms with Gasteiger partial charge in [0.15, 0.2) is 0 Å². The van der Waals surface area contributed by atoms with Crippen molar-refractivity contribution >= 4 is 11.8 Å². The van der Waals surface area contributed by atoms with Gasteiger partial charge in [-0.2, -0.15) is 0 Å². The van der Waals surface area contributed by atoms with E-state index in [-0.39, 0.29) is 17.7 Å². The van der Waals surface area contributed by atoms with Gasteiger partial charge in [-0.05, 0) is 26.2 Å². The molecule has 1 heterocycles. The zero-order valence-corrected chi connectivity index (χ0v) is 13.8. The summed E-state index contributed by atoms with van der Waals surface area (Å²) in [6.07, 6.45) is 0.710. The molecule has 1 fully saturated rings. The molecule has 0 radical (unpaired) electrons. The zero-order valence-electron chi connectivity index (χ0n) is 13.8. The number of amides is 2. The van der Waals surface area contributed by atoms with Crippen LogP contribution in [0.4, 0.5) is 0 Å². The lowest BCUT2D eigenvalue weighted by atomic mass is 9.91. The number of nitrogens with one attached hydrogen (secondary N) is 1. The van der Waals surface area contributed by atoms with Crippen LogP contribution in [-0.2, 0) is 19.1 Å². The van der Waals surface area contributed by atoms with Gasteiger partial charge in [-0.1, -0.05) is 13.8 Å². The molecule has 0 aliphatic carbocycles. The Morgan fingerprint density at radius 2 is 1.90 bits per heavy atom. The molecule has 0 bridgehead atoms. The van der Waals surface area contributed by atoms with E-state index in [4.69, 9.17) is 9.47 Å². The van der Waals surface area contributed by atoms with Crippen molar-refractivity contribution in [3.63, 3.8) is 0 Å². The predicted octanol–water partition coefficient (Wildman–Crippen LogP) is 0.801. The van der Waals surface area contributed by atoms with Crippen molar-refractivity contribution in [2.75, 3.05) is 33.5 Å². The molecular weight excluding hydrogens is 272 g/mol. The van der Waals surface area contributed by atoms with E-state index >= 15 is 0 Å². The van der Waals surface area contributed by atoms with Gasteiger partial charge in [0, 0.05) is 20.3 Å². The van der Waals surface area contributed by atoms with Crippen LogP contribution in [0.1, 0.15) is 34.1 Å². The minimum atomic E-state index is -0.834. The van der Waals surface area contributed by atoms with Crippen LogP contribution < -0.4 is 5.32 Å². The summed E-state index contributed by atoms with van der Waals surface area (Å²) >= 11 is 0. The van der Waals surface area contributed by atoms with E-state index in [1.54, 1.807) is 25.9 Å². The quantitative estimate of drug-likeness (QED) is 0.673. The molecule has 0 spiro atoms. The Hall–Kier alpha value is -1.14. The molecule has 0 aromatic heterocycles. The summed E-state index contributed by atoms with van der Waals surface area (Å²) in [7, 11) is 1.63. The van der Waals surface area contributed by atoms with Crippen molar-refractivity contribution < 1.29 is 19.1 Å². The Morgan fingerprint density at radius 1 is 1.24 bits per heavy atom. The van der Waals surface area contributed by atoms with Gasteiger partial charge in [0.1, 0.15) is 11.6 Å². The molecule has 21 heavy (non-hydrogen) atoms. The lowest BCUT2D eigenvalue weighted by molar-refractivity contribution is -0.155. The van der Waals surface area contributed by atoms with Gasteiger partial charge in [0.05, 0.1) is 13.2 Å². The van der Waals surface area contributed by atoms with Crippen LogP contribution in [0.25, 0.3) is 0 Å².